The van der Waals surface area contributed by atoms with Crippen molar-refractivity contribution in [2.75, 3.05) is 0 Å². The number of hydrogen-bond acceptors (Lipinski definition) is 1. The Hall–Kier alpha value is -2.35. The molecule has 0 bridgehead atoms. The quantitative estimate of drug-likeness (QED) is 0.341. The third-order valence-electron chi connectivity index (χ3n) is 3.76. The van der Waals surface area contributed by atoms with Gasteiger partial charge in [-0.1, -0.05) is 48.5 Å². The first kappa shape index (κ1) is 10.6. The molecular formula is C17H12BN. The van der Waals surface area contributed by atoms with E-state index in [1.54, 1.807) is 0 Å². The molecule has 1 heterocycles. The summed E-state index contributed by atoms with van der Waals surface area (Å²) in [6.07, 6.45) is 1.99. The van der Waals surface area contributed by atoms with Crippen LogP contribution < -0.4 is 5.59 Å². The number of rotatable bonds is 0. The molecule has 0 atom stereocenters. The van der Waals surface area contributed by atoms with E-state index in [0.29, 0.717) is 0 Å². The van der Waals surface area contributed by atoms with Crippen molar-refractivity contribution in [3.05, 3.63) is 60.8 Å². The molecule has 4 aromatic rings. The van der Waals surface area contributed by atoms with Crippen LogP contribution >= 0.6 is 0 Å². The minimum Gasteiger partial charge on any atom is -0.271 e. The highest BCUT2D eigenvalue weighted by atomic mass is 14.6. The van der Waals surface area contributed by atoms with Gasteiger partial charge >= 0.3 is 0 Å². The molecule has 2 heteroatoms. The summed E-state index contributed by atoms with van der Waals surface area (Å²) in [6.45, 7) is 0. The van der Waals surface area contributed by atoms with Crippen LogP contribution in [0.15, 0.2) is 60.8 Å². The Balaban J connectivity index is 2.26. The van der Waals surface area contributed by atoms with Gasteiger partial charge in [0.05, 0.1) is 0 Å². The molecule has 0 aliphatic rings. The molecular weight excluding hydrogens is 229 g/mol. The van der Waals surface area contributed by atoms with Gasteiger partial charge in [-0.15, -0.1) is 0 Å². The van der Waals surface area contributed by atoms with Gasteiger partial charge in [-0.25, -0.2) is 0 Å². The van der Waals surface area contributed by atoms with Gasteiger partial charge in [-0.3, -0.25) is 4.98 Å². The zero-order valence-electron chi connectivity index (χ0n) is 10.7. The fourth-order valence-corrected chi connectivity index (χ4v) is 2.83. The number of benzene rings is 3. The molecule has 3 aromatic carbocycles. The zero-order chi connectivity index (χ0) is 12.8. The SMILES string of the molecule is Bc1cc2ccc3c4ccccc4ccc3c2cn1. The fraction of sp³-hybridized carbons (Fsp3) is 0. The molecule has 0 amide bonds. The molecule has 0 fully saturated rings. The fourth-order valence-electron chi connectivity index (χ4n) is 2.83. The number of nitrogens with zero attached hydrogens (tertiary/aromatic N) is 1. The number of hydrogen-bond donors (Lipinski definition) is 0. The zero-order valence-corrected chi connectivity index (χ0v) is 10.7. The van der Waals surface area contributed by atoms with E-state index in [-0.39, 0.29) is 0 Å². The number of aromatic nitrogens is 1. The standard InChI is InChI=1S/C17H12BN/c18-17-9-12-6-8-14-13-4-2-1-3-11(13)5-7-15(14)16(12)10-19-17/h1-10H,18H2. The van der Waals surface area contributed by atoms with Gasteiger partial charge in [-0.2, -0.15) is 0 Å². The molecule has 0 saturated heterocycles. The highest BCUT2D eigenvalue weighted by molar-refractivity contribution is 6.32. The molecule has 0 aliphatic heterocycles. The third-order valence-corrected chi connectivity index (χ3v) is 3.76. The van der Waals surface area contributed by atoms with E-state index in [4.69, 9.17) is 0 Å². The van der Waals surface area contributed by atoms with Crippen molar-refractivity contribution in [1.82, 2.24) is 4.98 Å². The molecule has 19 heavy (non-hydrogen) atoms. The molecule has 0 N–H and O–H groups in total. The predicted molar refractivity (Wildman–Crippen MR) is 84.9 cm³/mol. The van der Waals surface area contributed by atoms with E-state index < -0.39 is 0 Å². The lowest BCUT2D eigenvalue weighted by atomic mass is 9.95. The number of pyridine rings is 1. The van der Waals surface area contributed by atoms with Crippen LogP contribution in [-0.2, 0) is 0 Å². The topological polar surface area (TPSA) is 12.9 Å². The van der Waals surface area contributed by atoms with E-state index in [1.165, 1.54) is 32.3 Å². The molecule has 1 aromatic heterocycles. The predicted octanol–water partition coefficient (Wildman–Crippen LogP) is 2.80. The lowest BCUT2D eigenvalue weighted by Gasteiger charge is -2.07. The monoisotopic (exact) mass is 241 g/mol. The second-order valence-electron chi connectivity index (χ2n) is 4.99. The molecule has 0 unspecified atom stereocenters. The summed E-state index contributed by atoms with van der Waals surface area (Å²) in [7, 11) is 2.03. The van der Waals surface area contributed by atoms with Gasteiger partial charge in [0.2, 0.25) is 0 Å². The summed E-state index contributed by atoms with van der Waals surface area (Å²) in [5.41, 5.74) is 1.06. The lowest BCUT2D eigenvalue weighted by molar-refractivity contribution is 1.43. The van der Waals surface area contributed by atoms with Crippen LogP contribution in [0.2, 0.25) is 0 Å². The van der Waals surface area contributed by atoms with Crippen molar-refractivity contribution in [3.63, 3.8) is 0 Å². The van der Waals surface area contributed by atoms with Crippen LogP contribution in [0.4, 0.5) is 0 Å². The third kappa shape index (κ3) is 1.53. The van der Waals surface area contributed by atoms with E-state index in [0.717, 1.165) is 5.59 Å². The Morgan fingerprint density at radius 1 is 0.684 bits per heavy atom. The van der Waals surface area contributed by atoms with Crippen molar-refractivity contribution in [2.24, 2.45) is 0 Å². The number of fused-ring (bicyclic) bond motifs is 5. The average Bonchev–Trinajstić information content (AvgIpc) is 2.46. The smallest absolute Gasteiger partial charge is 0.163 e. The molecule has 88 valence electrons. The Kier molecular flexibility index (Phi) is 2.13. The van der Waals surface area contributed by atoms with Gasteiger partial charge in [0.15, 0.2) is 7.85 Å². The molecule has 1 nitrogen and oxygen atoms in total. The Morgan fingerprint density at radius 2 is 1.42 bits per heavy atom. The summed E-state index contributed by atoms with van der Waals surface area (Å²) >= 11 is 0. The van der Waals surface area contributed by atoms with Gasteiger partial charge < -0.3 is 0 Å². The highest BCUT2D eigenvalue weighted by Crippen LogP contribution is 2.30. The van der Waals surface area contributed by atoms with Gasteiger partial charge in [0.1, 0.15) is 0 Å². The highest BCUT2D eigenvalue weighted by Gasteiger charge is 2.04. The summed E-state index contributed by atoms with van der Waals surface area (Å²) in [6, 6.07) is 19.5. The second-order valence-corrected chi connectivity index (χ2v) is 4.99. The summed E-state index contributed by atoms with van der Waals surface area (Å²) < 4.78 is 0. The first-order valence-corrected chi connectivity index (χ1v) is 6.50. The van der Waals surface area contributed by atoms with Crippen LogP contribution in [0.5, 0.6) is 0 Å². The maximum atomic E-state index is 4.44. The summed E-state index contributed by atoms with van der Waals surface area (Å²) in [4.78, 5) is 4.44. The average molecular weight is 241 g/mol. The molecule has 0 spiro atoms. The maximum Gasteiger partial charge on any atom is 0.163 e. The van der Waals surface area contributed by atoms with Crippen LogP contribution in [0.25, 0.3) is 32.3 Å². The minimum atomic E-state index is 1.06. The van der Waals surface area contributed by atoms with Crippen LogP contribution in [-0.4, -0.2) is 12.8 Å². The van der Waals surface area contributed by atoms with Crippen molar-refractivity contribution in [2.45, 2.75) is 0 Å². The maximum absolute atomic E-state index is 4.44. The Morgan fingerprint density at radius 3 is 2.32 bits per heavy atom. The molecule has 0 radical (unpaired) electrons. The Bertz CT molecular complexity index is 928. The first-order valence-electron chi connectivity index (χ1n) is 6.50. The van der Waals surface area contributed by atoms with E-state index in [2.05, 4.69) is 59.6 Å². The van der Waals surface area contributed by atoms with Gasteiger partial charge in [-0.05, 0) is 38.6 Å². The van der Waals surface area contributed by atoms with Crippen molar-refractivity contribution >= 4 is 45.8 Å². The Labute approximate surface area is 112 Å². The van der Waals surface area contributed by atoms with Crippen molar-refractivity contribution in [3.8, 4) is 0 Å². The first-order chi connectivity index (χ1) is 9.33. The second kappa shape index (κ2) is 3.82. The summed E-state index contributed by atoms with van der Waals surface area (Å²) in [5.74, 6) is 0. The van der Waals surface area contributed by atoms with Crippen molar-refractivity contribution in [1.29, 1.82) is 0 Å². The normalized spacial score (nSPS) is 11.4. The minimum absolute atomic E-state index is 1.06. The van der Waals surface area contributed by atoms with Crippen LogP contribution in [0.1, 0.15) is 0 Å². The van der Waals surface area contributed by atoms with Gasteiger partial charge in [0.25, 0.3) is 0 Å². The molecule has 0 saturated carbocycles. The van der Waals surface area contributed by atoms with E-state index in [9.17, 15) is 0 Å². The van der Waals surface area contributed by atoms with E-state index >= 15 is 0 Å². The lowest BCUT2D eigenvalue weighted by Crippen LogP contribution is -2.05. The molecule has 0 aliphatic carbocycles. The van der Waals surface area contributed by atoms with Crippen LogP contribution in [0, 0.1) is 0 Å². The van der Waals surface area contributed by atoms with Crippen LogP contribution in [0.3, 0.4) is 0 Å². The van der Waals surface area contributed by atoms with Crippen molar-refractivity contribution < 1.29 is 0 Å². The molecule has 4 rings (SSSR count). The summed E-state index contributed by atoms with van der Waals surface area (Å²) in [5, 5.41) is 7.67. The van der Waals surface area contributed by atoms with Gasteiger partial charge in [0, 0.05) is 11.6 Å². The largest absolute Gasteiger partial charge is 0.271 e. The van der Waals surface area contributed by atoms with E-state index in [1.807, 2.05) is 14.0 Å².